The van der Waals surface area contributed by atoms with Crippen LogP contribution in [-0.4, -0.2) is 30.9 Å². The third-order valence-corrected chi connectivity index (χ3v) is 1.86. The van der Waals surface area contributed by atoms with Crippen LogP contribution in [0.2, 0.25) is 0 Å². The molecule has 1 N–H and O–H groups in total. The van der Waals surface area contributed by atoms with Crippen molar-refractivity contribution in [2.75, 3.05) is 13.2 Å². The number of hydrogen-bond donors (Lipinski definition) is 1. The summed E-state index contributed by atoms with van der Waals surface area (Å²) in [6, 6.07) is 0. The van der Waals surface area contributed by atoms with Crippen LogP contribution in [0.5, 0.6) is 0 Å². The molecule has 11 heavy (non-hydrogen) atoms. The highest BCUT2D eigenvalue weighted by Crippen LogP contribution is 2.25. The number of Topliss-reactive ketones (excluding diaryl/α,β-unsaturated/α-hetero) is 1. The molecule has 0 saturated carbocycles. The quantitative estimate of drug-likeness (QED) is 0.603. The standard InChI is InChI=1S/C7H10FNO2/c8-7(6(10)5-9)1-3-11-4-2-7/h5,9H,1-4H2. The second-order valence-corrected chi connectivity index (χ2v) is 2.59. The molecule has 0 aromatic heterocycles. The fourth-order valence-corrected chi connectivity index (χ4v) is 1.07. The van der Waals surface area contributed by atoms with Crippen LogP contribution in [0.15, 0.2) is 0 Å². The summed E-state index contributed by atoms with van der Waals surface area (Å²) in [5, 5.41) is 6.61. The lowest BCUT2D eigenvalue weighted by atomic mass is 9.92. The Kier molecular flexibility index (Phi) is 2.34. The van der Waals surface area contributed by atoms with E-state index >= 15 is 0 Å². The van der Waals surface area contributed by atoms with Gasteiger partial charge in [-0.3, -0.25) is 4.79 Å². The van der Waals surface area contributed by atoms with Gasteiger partial charge in [0.15, 0.2) is 5.67 Å². The van der Waals surface area contributed by atoms with Crippen molar-refractivity contribution < 1.29 is 13.9 Å². The molecular weight excluding hydrogens is 149 g/mol. The highest BCUT2D eigenvalue weighted by Gasteiger charge is 2.38. The lowest BCUT2D eigenvalue weighted by Crippen LogP contribution is -2.40. The maximum Gasteiger partial charge on any atom is 0.210 e. The number of rotatable bonds is 2. The van der Waals surface area contributed by atoms with Gasteiger partial charge in [-0.15, -0.1) is 0 Å². The first kappa shape index (κ1) is 8.33. The van der Waals surface area contributed by atoms with E-state index < -0.39 is 11.5 Å². The molecule has 0 aliphatic carbocycles. The minimum atomic E-state index is -1.82. The molecule has 3 nitrogen and oxygen atoms in total. The molecule has 0 radical (unpaired) electrons. The predicted molar refractivity (Wildman–Crippen MR) is 37.7 cm³/mol. The van der Waals surface area contributed by atoms with Crippen molar-refractivity contribution in [1.82, 2.24) is 0 Å². The molecule has 0 spiro atoms. The molecule has 0 aromatic carbocycles. The summed E-state index contributed by atoms with van der Waals surface area (Å²) in [7, 11) is 0. The van der Waals surface area contributed by atoms with Gasteiger partial charge in [0.2, 0.25) is 5.78 Å². The summed E-state index contributed by atoms with van der Waals surface area (Å²) in [5.74, 6) is -0.735. The van der Waals surface area contributed by atoms with Crippen LogP contribution >= 0.6 is 0 Å². The van der Waals surface area contributed by atoms with Gasteiger partial charge >= 0.3 is 0 Å². The minimum Gasteiger partial charge on any atom is -0.381 e. The number of hydrogen-bond acceptors (Lipinski definition) is 3. The van der Waals surface area contributed by atoms with E-state index in [2.05, 4.69) is 0 Å². The highest BCUT2D eigenvalue weighted by molar-refractivity contribution is 6.30. The van der Waals surface area contributed by atoms with Gasteiger partial charge in [-0.05, 0) is 0 Å². The minimum absolute atomic E-state index is 0.0845. The van der Waals surface area contributed by atoms with Gasteiger partial charge in [0.05, 0.1) is 19.4 Å². The predicted octanol–water partition coefficient (Wildman–Crippen LogP) is 0.724. The summed E-state index contributed by atoms with van der Waals surface area (Å²) in [5.41, 5.74) is -1.82. The van der Waals surface area contributed by atoms with Crippen molar-refractivity contribution in [3.63, 3.8) is 0 Å². The largest absolute Gasteiger partial charge is 0.381 e. The van der Waals surface area contributed by atoms with E-state index in [0.29, 0.717) is 6.21 Å². The summed E-state index contributed by atoms with van der Waals surface area (Å²) in [6.45, 7) is 0.548. The Morgan fingerprint density at radius 1 is 1.55 bits per heavy atom. The highest BCUT2D eigenvalue weighted by atomic mass is 19.1. The van der Waals surface area contributed by atoms with Gasteiger partial charge in [-0.2, -0.15) is 0 Å². The van der Waals surface area contributed by atoms with Gasteiger partial charge in [0.25, 0.3) is 0 Å². The molecule has 0 bridgehead atoms. The smallest absolute Gasteiger partial charge is 0.210 e. The Hall–Kier alpha value is -0.770. The van der Waals surface area contributed by atoms with Crippen LogP contribution in [0, 0.1) is 5.41 Å². The molecule has 1 heterocycles. The van der Waals surface area contributed by atoms with Crippen LogP contribution in [-0.2, 0) is 9.53 Å². The number of ether oxygens (including phenoxy) is 1. The van der Waals surface area contributed by atoms with Gasteiger partial charge in [-0.1, -0.05) is 0 Å². The van der Waals surface area contributed by atoms with Gasteiger partial charge in [0.1, 0.15) is 0 Å². The summed E-state index contributed by atoms with van der Waals surface area (Å²) >= 11 is 0. The molecule has 1 aliphatic rings. The number of carbonyl (C=O) groups is 1. The maximum absolute atomic E-state index is 13.4. The number of carbonyl (C=O) groups excluding carboxylic acids is 1. The van der Waals surface area contributed by atoms with Gasteiger partial charge in [0, 0.05) is 12.8 Å². The van der Waals surface area contributed by atoms with Crippen LogP contribution < -0.4 is 0 Å². The first-order chi connectivity index (χ1) is 5.19. The first-order valence-corrected chi connectivity index (χ1v) is 3.50. The van der Waals surface area contributed by atoms with Crippen molar-refractivity contribution in [2.45, 2.75) is 18.5 Å². The Morgan fingerprint density at radius 2 is 2.09 bits per heavy atom. The van der Waals surface area contributed by atoms with E-state index in [0.717, 1.165) is 0 Å². The second-order valence-electron chi connectivity index (χ2n) is 2.59. The zero-order chi connectivity index (χ0) is 8.32. The van der Waals surface area contributed by atoms with Crippen molar-refractivity contribution in [3.8, 4) is 0 Å². The molecule has 0 unspecified atom stereocenters. The Labute approximate surface area is 64.0 Å². The van der Waals surface area contributed by atoms with E-state index in [1.807, 2.05) is 0 Å². The van der Waals surface area contributed by atoms with Crippen LogP contribution in [0.3, 0.4) is 0 Å². The molecule has 62 valence electrons. The first-order valence-electron chi connectivity index (χ1n) is 3.50. The molecule has 1 aliphatic heterocycles. The molecular formula is C7H10FNO2. The molecule has 0 atom stereocenters. The fourth-order valence-electron chi connectivity index (χ4n) is 1.07. The maximum atomic E-state index is 13.4. The normalized spacial score (nSPS) is 22.6. The molecule has 4 heteroatoms. The van der Waals surface area contributed by atoms with Gasteiger partial charge < -0.3 is 10.1 Å². The summed E-state index contributed by atoms with van der Waals surface area (Å²) < 4.78 is 18.3. The van der Waals surface area contributed by atoms with Crippen molar-refractivity contribution in [1.29, 1.82) is 5.41 Å². The molecule has 1 saturated heterocycles. The van der Waals surface area contributed by atoms with Gasteiger partial charge in [-0.25, -0.2) is 4.39 Å². The third-order valence-electron chi connectivity index (χ3n) is 1.86. The number of ketones is 1. The van der Waals surface area contributed by atoms with Crippen molar-refractivity contribution in [3.05, 3.63) is 0 Å². The Bertz CT molecular complexity index is 175. The van der Waals surface area contributed by atoms with E-state index in [1.165, 1.54) is 0 Å². The zero-order valence-corrected chi connectivity index (χ0v) is 6.10. The zero-order valence-electron chi connectivity index (χ0n) is 6.10. The van der Waals surface area contributed by atoms with Crippen LogP contribution in [0.1, 0.15) is 12.8 Å². The van der Waals surface area contributed by atoms with Crippen LogP contribution in [0.4, 0.5) is 4.39 Å². The van der Waals surface area contributed by atoms with Crippen molar-refractivity contribution in [2.24, 2.45) is 0 Å². The van der Waals surface area contributed by atoms with E-state index in [-0.39, 0.29) is 26.1 Å². The SMILES string of the molecule is N=CC(=O)C1(F)CCOCC1. The summed E-state index contributed by atoms with van der Waals surface area (Å²) in [4.78, 5) is 10.8. The monoisotopic (exact) mass is 159 g/mol. The Morgan fingerprint density at radius 3 is 2.55 bits per heavy atom. The Balaban J connectivity index is 2.63. The van der Waals surface area contributed by atoms with E-state index in [1.54, 1.807) is 0 Å². The third kappa shape index (κ3) is 1.63. The number of nitrogens with one attached hydrogen (secondary N) is 1. The molecule has 1 rings (SSSR count). The molecule has 0 amide bonds. The van der Waals surface area contributed by atoms with Crippen LogP contribution in [0.25, 0.3) is 0 Å². The van der Waals surface area contributed by atoms with E-state index in [9.17, 15) is 9.18 Å². The topological polar surface area (TPSA) is 50.2 Å². The number of alkyl halides is 1. The number of halogens is 1. The lowest BCUT2D eigenvalue weighted by molar-refractivity contribution is -0.129. The lowest BCUT2D eigenvalue weighted by Gasteiger charge is -2.26. The average molecular weight is 159 g/mol. The molecule has 0 aromatic rings. The van der Waals surface area contributed by atoms with E-state index in [4.69, 9.17) is 10.1 Å². The summed E-state index contributed by atoms with van der Waals surface area (Å²) in [6.07, 6.45) is 0.716. The second kappa shape index (κ2) is 3.09. The molecule has 1 fully saturated rings. The fraction of sp³-hybridized carbons (Fsp3) is 0.714. The average Bonchev–Trinajstić information content (AvgIpc) is 2.04. The van der Waals surface area contributed by atoms with Crippen molar-refractivity contribution >= 4 is 12.0 Å².